The van der Waals surface area contributed by atoms with Crippen molar-refractivity contribution in [2.24, 2.45) is 0 Å². The number of hydrogen-bond donors (Lipinski definition) is 1. The summed E-state index contributed by atoms with van der Waals surface area (Å²) in [6.45, 7) is 3.88. The van der Waals surface area contributed by atoms with Gasteiger partial charge >= 0.3 is 0 Å². The third-order valence-corrected chi connectivity index (χ3v) is 5.30. The second-order valence-electron chi connectivity index (χ2n) is 7.20. The highest BCUT2D eigenvalue weighted by molar-refractivity contribution is 6.51. The minimum Gasteiger partial charge on any atom is -0.507 e. The van der Waals surface area contributed by atoms with E-state index < -0.39 is 23.5 Å². The molecule has 1 aliphatic heterocycles. The Morgan fingerprint density at radius 2 is 1.73 bits per heavy atom. The maximum Gasteiger partial charge on any atom is 0.300 e. The molecule has 2 heterocycles. The van der Waals surface area contributed by atoms with E-state index in [0.717, 1.165) is 11.1 Å². The van der Waals surface area contributed by atoms with Crippen molar-refractivity contribution in [2.45, 2.75) is 19.9 Å². The van der Waals surface area contributed by atoms with Crippen LogP contribution in [0.25, 0.3) is 5.76 Å². The summed E-state index contributed by atoms with van der Waals surface area (Å²) < 4.78 is 13.3. The SMILES string of the molecule is Cc1ccc(N2C(=O)C(=O)/C(=C(/O)c3ccc(F)cc3)C2c2ccccn2)cc1C. The first-order valence-electron chi connectivity index (χ1n) is 9.43. The average molecular weight is 402 g/mol. The Kier molecular flexibility index (Phi) is 4.91. The molecule has 6 heteroatoms. The van der Waals surface area contributed by atoms with Gasteiger partial charge in [0.15, 0.2) is 0 Å². The van der Waals surface area contributed by atoms with Crippen LogP contribution in [-0.2, 0) is 9.59 Å². The average Bonchev–Trinajstić information content (AvgIpc) is 3.01. The molecular weight excluding hydrogens is 383 g/mol. The Labute approximate surface area is 173 Å². The van der Waals surface area contributed by atoms with Gasteiger partial charge in [0.25, 0.3) is 11.7 Å². The zero-order valence-corrected chi connectivity index (χ0v) is 16.5. The molecule has 0 saturated carbocycles. The fourth-order valence-electron chi connectivity index (χ4n) is 3.56. The summed E-state index contributed by atoms with van der Waals surface area (Å²) in [7, 11) is 0. The molecule has 150 valence electrons. The van der Waals surface area contributed by atoms with Crippen LogP contribution in [0.5, 0.6) is 0 Å². The Morgan fingerprint density at radius 3 is 2.37 bits per heavy atom. The van der Waals surface area contributed by atoms with Crippen LogP contribution in [0.4, 0.5) is 10.1 Å². The summed E-state index contributed by atoms with van der Waals surface area (Å²) >= 11 is 0. The molecule has 1 atom stereocenters. The predicted molar refractivity (Wildman–Crippen MR) is 111 cm³/mol. The largest absolute Gasteiger partial charge is 0.507 e. The van der Waals surface area contributed by atoms with Crippen LogP contribution in [-0.4, -0.2) is 21.8 Å². The summed E-state index contributed by atoms with van der Waals surface area (Å²) in [5.74, 6) is -2.40. The van der Waals surface area contributed by atoms with Gasteiger partial charge in [-0.05, 0) is 73.5 Å². The quantitative estimate of drug-likeness (QED) is 0.399. The fourth-order valence-corrected chi connectivity index (χ4v) is 3.56. The lowest BCUT2D eigenvalue weighted by Gasteiger charge is -2.25. The number of benzene rings is 2. The highest BCUT2D eigenvalue weighted by atomic mass is 19.1. The Bertz CT molecular complexity index is 1170. The molecule has 1 aromatic heterocycles. The molecule has 4 rings (SSSR count). The molecule has 3 aromatic rings. The molecular formula is C24H19FN2O3. The Hall–Kier alpha value is -3.80. The number of aliphatic hydroxyl groups is 1. The molecule has 0 radical (unpaired) electrons. The van der Waals surface area contributed by atoms with Crippen LogP contribution in [0, 0.1) is 19.7 Å². The van der Waals surface area contributed by atoms with Crippen LogP contribution in [0.15, 0.2) is 72.4 Å². The number of aliphatic hydroxyl groups excluding tert-OH is 1. The molecule has 1 unspecified atom stereocenters. The first-order valence-corrected chi connectivity index (χ1v) is 9.43. The van der Waals surface area contributed by atoms with Crippen LogP contribution >= 0.6 is 0 Å². The van der Waals surface area contributed by atoms with Gasteiger partial charge in [-0.1, -0.05) is 12.1 Å². The maximum absolute atomic E-state index is 13.3. The van der Waals surface area contributed by atoms with E-state index >= 15 is 0 Å². The molecule has 1 N–H and O–H groups in total. The van der Waals surface area contributed by atoms with Gasteiger partial charge < -0.3 is 5.11 Å². The summed E-state index contributed by atoms with van der Waals surface area (Å²) in [5, 5.41) is 10.9. The lowest BCUT2D eigenvalue weighted by Crippen LogP contribution is -2.29. The third kappa shape index (κ3) is 3.26. The summed E-state index contributed by atoms with van der Waals surface area (Å²) in [6, 6.07) is 14.8. The van der Waals surface area contributed by atoms with Crippen LogP contribution in [0.3, 0.4) is 0 Å². The second kappa shape index (κ2) is 7.55. The van der Waals surface area contributed by atoms with E-state index in [-0.39, 0.29) is 16.9 Å². The number of rotatable bonds is 3. The van der Waals surface area contributed by atoms with Crippen molar-refractivity contribution in [2.75, 3.05) is 4.90 Å². The van der Waals surface area contributed by atoms with Crippen molar-refractivity contribution in [1.82, 2.24) is 4.98 Å². The summed E-state index contributed by atoms with van der Waals surface area (Å²) in [4.78, 5) is 31.7. The van der Waals surface area contributed by atoms with Gasteiger partial charge in [-0.15, -0.1) is 0 Å². The number of Topliss-reactive ketones (excluding diaryl/α,β-unsaturated/α-hetero) is 1. The topological polar surface area (TPSA) is 70.5 Å². The highest BCUT2D eigenvalue weighted by Gasteiger charge is 2.47. The van der Waals surface area contributed by atoms with Crippen molar-refractivity contribution in [1.29, 1.82) is 0 Å². The lowest BCUT2D eigenvalue weighted by molar-refractivity contribution is -0.132. The first-order chi connectivity index (χ1) is 14.4. The number of ketones is 1. The molecule has 1 amide bonds. The van der Waals surface area contributed by atoms with Gasteiger partial charge in [0, 0.05) is 17.4 Å². The summed E-state index contributed by atoms with van der Waals surface area (Å²) in [6.07, 6.45) is 1.56. The van der Waals surface area contributed by atoms with E-state index in [1.54, 1.807) is 30.5 Å². The monoisotopic (exact) mass is 402 g/mol. The van der Waals surface area contributed by atoms with E-state index in [9.17, 15) is 19.1 Å². The van der Waals surface area contributed by atoms with Gasteiger partial charge in [0.1, 0.15) is 17.6 Å². The number of aryl methyl sites for hydroxylation is 2. The van der Waals surface area contributed by atoms with Gasteiger partial charge in [-0.3, -0.25) is 19.5 Å². The highest BCUT2D eigenvalue weighted by Crippen LogP contribution is 2.41. The molecule has 0 aliphatic carbocycles. The Morgan fingerprint density at radius 1 is 1.00 bits per heavy atom. The normalized spacial score (nSPS) is 18.1. The minimum atomic E-state index is -0.904. The first kappa shape index (κ1) is 19.5. The number of halogens is 1. The van der Waals surface area contributed by atoms with Crippen molar-refractivity contribution < 1.29 is 19.1 Å². The number of nitrogens with zero attached hydrogens (tertiary/aromatic N) is 2. The van der Waals surface area contributed by atoms with Gasteiger partial charge in [0.05, 0.1) is 11.3 Å². The minimum absolute atomic E-state index is 0.0801. The van der Waals surface area contributed by atoms with E-state index in [2.05, 4.69) is 4.98 Å². The number of anilines is 1. The number of hydrogen-bond acceptors (Lipinski definition) is 4. The molecule has 0 spiro atoms. The Balaban J connectivity index is 1.94. The number of amides is 1. The van der Waals surface area contributed by atoms with Gasteiger partial charge in [0.2, 0.25) is 0 Å². The van der Waals surface area contributed by atoms with Crippen LogP contribution < -0.4 is 4.90 Å². The predicted octanol–water partition coefficient (Wildman–Crippen LogP) is 4.46. The standard InChI is InChI=1S/C24H19FN2O3/c1-14-6-11-18(13-15(14)2)27-21(19-5-3-4-12-26-19)20(23(29)24(27)30)22(28)16-7-9-17(25)10-8-16/h3-13,21,28H,1-2H3/b22-20+. The molecule has 5 nitrogen and oxygen atoms in total. The zero-order valence-electron chi connectivity index (χ0n) is 16.5. The molecule has 1 aliphatic rings. The zero-order chi connectivity index (χ0) is 21.4. The van der Waals surface area contributed by atoms with E-state index in [1.165, 1.54) is 29.2 Å². The van der Waals surface area contributed by atoms with Crippen LogP contribution in [0.1, 0.15) is 28.4 Å². The molecule has 0 bridgehead atoms. The van der Waals surface area contributed by atoms with Gasteiger partial charge in [-0.25, -0.2) is 4.39 Å². The van der Waals surface area contributed by atoms with Crippen molar-refractivity contribution >= 4 is 23.1 Å². The van der Waals surface area contributed by atoms with Crippen molar-refractivity contribution in [3.05, 3.63) is 101 Å². The third-order valence-electron chi connectivity index (χ3n) is 5.30. The number of carbonyl (C=O) groups is 2. The van der Waals surface area contributed by atoms with E-state index in [1.807, 2.05) is 26.0 Å². The molecule has 2 aromatic carbocycles. The van der Waals surface area contributed by atoms with Crippen molar-refractivity contribution in [3.8, 4) is 0 Å². The molecule has 1 saturated heterocycles. The van der Waals surface area contributed by atoms with Crippen LogP contribution in [0.2, 0.25) is 0 Å². The number of aromatic nitrogens is 1. The second-order valence-corrected chi connectivity index (χ2v) is 7.20. The van der Waals surface area contributed by atoms with Crippen molar-refractivity contribution in [3.63, 3.8) is 0 Å². The lowest BCUT2D eigenvalue weighted by atomic mass is 9.98. The van der Waals surface area contributed by atoms with Gasteiger partial charge in [-0.2, -0.15) is 0 Å². The summed E-state index contributed by atoms with van der Waals surface area (Å²) in [5.41, 5.74) is 3.16. The molecule has 30 heavy (non-hydrogen) atoms. The number of pyridine rings is 1. The van der Waals surface area contributed by atoms with E-state index in [0.29, 0.717) is 11.4 Å². The molecule has 1 fully saturated rings. The fraction of sp³-hybridized carbons (Fsp3) is 0.125. The van der Waals surface area contributed by atoms with E-state index in [4.69, 9.17) is 0 Å². The smallest absolute Gasteiger partial charge is 0.300 e. The maximum atomic E-state index is 13.3. The number of carbonyl (C=O) groups excluding carboxylic acids is 2.